The highest BCUT2D eigenvalue weighted by atomic mass is 16.5. The van der Waals surface area contributed by atoms with E-state index < -0.39 is 11.8 Å². The Labute approximate surface area is 124 Å². The molecule has 0 aliphatic rings. The molecule has 0 aliphatic heterocycles. The Hall–Kier alpha value is -3.35. The average molecular weight is 297 g/mol. The van der Waals surface area contributed by atoms with Crippen LogP contribution >= 0.6 is 0 Å². The molecule has 0 saturated heterocycles. The quantitative estimate of drug-likeness (QED) is 0.771. The topological polar surface area (TPSA) is 97.4 Å². The van der Waals surface area contributed by atoms with Crippen molar-refractivity contribution in [1.82, 2.24) is 5.16 Å². The summed E-state index contributed by atoms with van der Waals surface area (Å²) in [6.07, 6.45) is 2.78. The van der Waals surface area contributed by atoms with E-state index in [0.717, 1.165) is 0 Å². The van der Waals surface area contributed by atoms with E-state index in [1.165, 1.54) is 18.5 Å². The SMILES string of the molecule is O=C(Nc1ccccc1NC(=O)c1ccno1)c1ccco1. The summed E-state index contributed by atoms with van der Waals surface area (Å²) in [6.45, 7) is 0. The van der Waals surface area contributed by atoms with Gasteiger partial charge in [-0.1, -0.05) is 17.3 Å². The number of nitrogens with one attached hydrogen (secondary N) is 2. The fourth-order valence-electron chi connectivity index (χ4n) is 1.81. The van der Waals surface area contributed by atoms with Gasteiger partial charge in [-0.15, -0.1) is 0 Å². The molecule has 0 saturated carbocycles. The number of aromatic nitrogens is 1. The lowest BCUT2D eigenvalue weighted by molar-refractivity contribution is 0.0981. The van der Waals surface area contributed by atoms with Crippen molar-refractivity contribution in [3.8, 4) is 0 Å². The van der Waals surface area contributed by atoms with Crippen molar-refractivity contribution in [1.29, 1.82) is 0 Å². The molecule has 2 heterocycles. The lowest BCUT2D eigenvalue weighted by Gasteiger charge is -2.10. The van der Waals surface area contributed by atoms with Crippen LogP contribution in [-0.4, -0.2) is 17.0 Å². The Kier molecular flexibility index (Phi) is 3.69. The highest BCUT2D eigenvalue weighted by molar-refractivity contribution is 6.08. The van der Waals surface area contributed by atoms with Crippen LogP contribution in [0.5, 0.6) is 0 Å². The first kappa shape index (κ1) is 13.6. The Bertz CT molecular complexity index is 712. The molecule has 22 heavy (non-hydrogen) atoms. The minimum Gasteiger partial charge on any atom is -0.459 e. The zero-order valence-electron chi connectivity index (χ0n) is 11.3. The van der Waals surface area contributed by atoms with Crippen LogP contribution in [0, 0.1) is 0 Å². The fourth-order valence-corrected chi connectivity index (χ4v) is 1.81. The van der Waals surface area contributed by atoms with Gasteiger partial charge >= 0.3 is 0 Å². The predicted octanol–water partition coefficient (Wildman–Crippen LogP) is 2.77. The summed E-state index contributed by atoms with van der Waals surface area (Å²) in [5.41, 5.74) is 0.876. The summed E-state index contributed by atoms with van der Waals surface area (Å²) in [6, 6.07) is 11.4. The molecule has 110 valence electrons. The summed E-state index contributed by atoms with van der Waals surface area (Å²) >= 11 is 0. The predicted molar refractivity (Wildman–Crippen MR) is 77.6 cm³/mol. The standard InChI is InChI=1S/C15H11N3O4/c19-14(12-6-3-9-21-12)17-10-4-1-2-5-11(10)18-15(20)13-7-8-16-22-13/h1-9H,(H,17,19)(H,18,20). The molecule has 7 heteroatoms. The number of rotatable bonds is 4. The molecule has 2 aromatic heterocycles. The van der Waals surface area contributed by atoms with Gasteiger partial charge in [0.05, 0.1) is 23.8 Å². The number of benzene rings is 1. The van der Waals surface area contributed by atoms with Gasteiger partial charge in [0.1, 0.15) is 0 Å². The third kappa shape index (κ3) is 2.88. The summed E-state index contributed by atoms with van der Waals surface area (Å²) in [7, 11) is 0. The van der Waals surface area contributed by atoms with Crippen LogP contribution in [-0.2, 0) is 0 Å². The van der Waals surface area contributed by atoms with Gasteiger partial charge in [-0.2, -0.15) is 0 Å². The number of furan rings is 1. The normalized spacial score (nSPS) is 10.2. The first-order valence-electron chi connectivity index (χ1n) is 6.40. The molecule has 2 amide bonds. The highest BCUT2D eigenvalue weighted by Crippen LogP contribution is 2.22. The third-order valence-corrected chi connectivity index (χ3v) is 2.83. The van der Waals surface area contributed by atoms with Crippen molar-refractivity contribution in [3.63, 3.8) is 0 Å². The lowest BCUT2D eigenvalue weighted by atomic mass is 10.2. The molecule has 2 N–H and O–H groups in total. The maximum absolute atomic E-state index is 12.0. The van der Waals surface area contributed by atoms with Crippen molar-refractivity contribution in [3.05, 3.63) is 66.4 Å². The van der Waals surface area contributed by atoms with Gasteiger partial charge in [-0.3, -0.25) is 9.59 Å². The van der Waals surface area contributed by atoms with Crippen LogP contribution in [0.15, 0.2) is 63.9 Å². The molecular weight excluding hydrogens is 286 g/mol. The lowest BCUT2D eigenvalue weighted by Crippen LogP contribution is -2.16. The van der Waals surface area contributed by atoms with Gasteiger partial charge in [-0.25, -0.2) is 0 Å². The van der Waals surface area contributed by atoms with Gasteiger partial charge in [-0.05, 0) is 24.3 Å². The fraction of sp³-hybridized carbons (Fsp3) is 0. The molecule has 0 fully saturated rings. The number of carbonyl (C=O) groups excluding carboxylic acids is 2. The molecule has 0 atom stereocenters. The van der Waals surface area contributed by atoms with E-state index in [2.05, 4.69) is 15.8 Å². The van der Waals surface area contributed by atoms with Crippen LogP contribution in [0.1, 0.15) is 21.1 Å². The largest absolute Gasteiger partial charge is 0.459 e. The van der Waals surface area contributed by atoms with Crippen LogP contribution in [0.3, 0.4) is 0 Å². The Morgan fingerprint density at radius 2 is 1.55 bits per heavy atom. The molecular formula is C15H11N3O4. The van der Waals surface area contributed by atoms with Crippen LogP contribution in [0.4, 0.5) is 11.4 Å². The molecule has 0 radical (unpaired) electrons. The molecule has 0 spiro atoms. The van der Waals surface area contributed by atoms with Crippen LogP contribution in [0.2, 0.25) is 0 Å². The second-order valence-corrected chi connectivity index (χ2v) is 4.31. The number of para-hydroxylation sites is 2. The summed E-state index contributed by atoms with van der Waals surface area (Å²) in [5.74, 6) is -0.618. The molecule has 0 aliphatic carbocycles. The molecule has 3 aromatic rings. The second-order valence-electron chi connectivity index (χ2n) is 4.31. The molecule has 3 rings (SSSR count). The average Bonchev–Trinajstić information content (AvgIpc) is 3.23. The van der Waals surface area contributed by atoms with E-state index in [4.69, 9.17) is 8.94 Å². The number of anilines is 2. The van der Waals surface area contributed by atoms with Gasteiger partial charge in [0, 0.05) is 6.07 Å². The van der Waals surface area contributed by atoms with Crippen LogP contribution < -0.4 is 10.6 Å². The van der Waals surface area contributed by atoms with E-state index >= 15 is 0 Å². The van der Waals surface area contributed by atoms with Gasteiger partial charge in [0.25, 0.3) is 11.8 Å². The van der Waals surface area contributed by atoms with E-state index in [9.17, 15) is 9.59 Å². The van der Waals surface area contributed by atoms with Gasteiger partial charge in [0.2, 0.25) is 5.76 Å². The summed E-state index contributed by atoms with van der Waals surface area (Å²) in [4.78, 5) is 24.0. The van der Waals surface area contributed by atoms with Crippen molar-refractivity contribution < 1.29 is 18.5 Å². The van der Waals surface area contributed by atoms with Crippen molar-refractivity contribution in [2.75, 3.05) is 10.6 Å². The minimum atomic E-state index is -0.461. The van der Waals surface area contributed by atoms with E-state index in [-0.39, 0.29) is 11.5 Å². The Morgan fingerprint density at radius 3 is 2.09 bits per heavy atom. The highest BCUT2D eigenvalue weighted by Gasteiger charge is 2.14. The summed E-state index contributed by atoms with van der Waals surface area (Å²) < 4.78 is 9.81. The maximum Gasteiger partial charge on any atom is 0.294 e. The molecule has 0 unspecified atom stereocenters. The van der Waals surface area contributed by atoms with E-state index in [0.29, 0.717) is 11.4 Å². The summed E-state index contributed by atoms with van der Waals surface area (Å²) in [5, 5.41) is 8.79. The van der Waals surface area contributed by atoms with Gasteiger partial charge in [0.15, 0.2) is 5.76 Å². The number of hydrogen-bond donors (Lipinski definition) is 2. The first-order chi connectivity index (χ1) is 10.7. The van der Waals surface area contributed by atoms with Crippen LogP contribution in [0.25, 0.3) is 0 Å². The molecule has 1 aromatic carbocycles. The zero-order valence-corrected chi connectivity index (χ0v) is 11.3. The zero-order chi connectivity index (χ0) is 15.4. The number of carbonyl (C=O) groups is 2. The number of amides is 2. The minimum absolute atomic E-state index is 0.0761. The van der Waals surface area contributed by atoms with E-state index in [1.807, 2.05) is 0 Å². The Balaban J connectivity index is 1.78. The van der Waals surface area contributed by atoms with Crippen molar-refractivity contribution in [2.24, 2.45) is 0 Å². The molecule has 0 bridgehead atoms. The van der Waals surface area contributed by atoms with Gasteiger partial charge < -0.3 is 19.6 Å². The van der Waals surface area contributed by atoms with Crippen molar-refractivity contribution in [2.45, 2.75) is 0 Å². The third-order valence-electron chi connectivity index (χ3n) is 2.83. The monoisotopic (exact) mass is 297 g/mol. The smallest absolute Gasteiger partial charge is 0.294 e. The van der Waals surface area contributed by atoms with E-state index in [1.54, 1.807) is 36.4 Å². The molecule has 7 nitrogen and oxygen atoms in total. The Morgan fingerprint density at radius 1 is 0.864 bits per heavy atom. The van der Waals surface area contributed by atoms with Crippen molar-refractivity contribution >= 4 is 23.2 Å². The number of nitrogens with zero attached hydrogens (tertiary/aromatic N) is 1. The first-order valence-corrected chi connectivity index (χ1v) is 6.40. The maximum atomic E-state index is 12.0. The second kappa shape index (κ2) is 5.96. The number of hydrogen-bond acceptors (Lipinski definition) is 5.